The van der Waals surface area contributed by atoms with Crippen LogP contribution in [0.5, 0.6) is 0 Å². The van der Waals surface area contributed by atoms with Crippen LogP contribution in [0.3, 0.4) is 0 Å². The zero-order valence-electron chi connectivity index (χ0n) is 6.87. The van der Waals surface area contributed by atoms with Crippen LogP contribution >= 0.6 is 0 Å². The highest BCUT2D eigenvalue weighted by molar-refractivity contribution is 5.27. The van der Waals surface area contributed by atoms with Crippen LogP contribution in [0.2, 0.25) is 0 Å². The van der Waals surface area contributed by atoms with Crippen LogP contribution in [0, 0.1) is 0 Å². The molecule has 0 N–H and O–H groups in total. The minimum absolute atomic E-state index is 0.406. The molecule has 0 radical (unpaired) electrons. The van der Waals surface area contributed by atoms with Crippen LogP contribution in [0.15, 0.2) is 12.3 Å². The lowest BCUT2D eigenvalue weighted by Gasteiger charge is -2.12. The van der Waals surface area contributed by atoms with E-state index in [2.05, 4.69) is 0 Å². The minimum Gasteiger partial charge on any atom is -0.347 e. The van der Waals surface area contributed by atoms with E-state index in [4.69, 9.17) is 0 Å². The molecule has 0 spiro atoms. The molecule has 0 unspecified atom stereocenters. The first-order valence-corrected chi connectivity index (χ1v) is 3.43. The fraction of sp³-hybridized carbons (Fsp3) is 0.429. The van der Waals surface area contributed by atoms with Gasteiger partial charge in [0.2, 0.25) is 0 Å². The van der Waals surface area contributed by atoms with Gasteiger partial charge in [0.25, 0.3) is 0 Å². The van der Waals surface area contributed by atoms with Gasteiger partial charge < -0.3 is 4.57 Å². The van der Waals surface area contributed by atoms with E-state index >= 15 is 0 Å². The topological polar surface area (TPSA) is 4.93 Å². The first-order chi connectivity index (χ1) is 6.14. The molecule has 1 aromatic heterocycles. The Kier molecular flexibility index (Phi) is 2.29. The molecule has 1 nitrogen and oxygen atoms in total. The molecule has 0 aliphatic heterocycles. The Bertz CT molecular complexity index is 331. The molecule has 14 heavy (non-hydrogen) atoms. The largest absolute Gasteiger partial charge is 0.432 e. The third kappa shape index (κ3) is 1.85. The summed E-state index contributed by atoms with van der Waals surface area (Å²) in [6, 6.07) is 0.406. The summed E-state index contributed by atoms with van der Waals surface area (Å²) in [4.78, 5) is 0. The molecule has 0 bridgehead atoms. The number of aromatic nitrogens is 1. The Morgan fingerprint density at radius 1 is 1.00 bits per heavy atom. The molecule has 0 amide bonds. The lowest BCUT2D eigenvalue weighted by Crippen LogP contribution is -2.18. The van der Waals surface area contributed by atoms with Crippen molar-refractivity contribution in [2.45, 2.75) is 12.4 Å². The Morgan fingerprint density at radius 3 is 1.79 bits per heavy atom. The molecule has 0 fully saturated rings. The highest BCUT2D eigenvalue weighted by Gasteiger charge is 2.45. The van der Waals surface area contributed by atoms with Gasteiger partial charge in [0.15, 0.2) is 0 Å². The molecule has 1 heterocycles. The molecular weight excluding hydrogens is 212 g/mol. The first kappa shape index (κ1) is 10.9. The van der Waals surface area contributed by atoms with Crippen molar-refractivity contribution in [3.63, 3.8) is 0 Å². The van der Waals surface area contributed by atoms with Crippen molar-refractivity contribution in [3.05, 3.63) is 23.5 Å². The fourth-order valence-electron chi connectivity index (χ4n) is 1.11. The van der Waals surface area contributed by atoms with E-state index in [0.717, 1.165) is 13.2 Å². The molecular formula is C7H5F6N. The fourth-order valence-corrected chi connectivity index (χ4v) is 1.11. The second-order valence-corrected chi connectivity index (χ2v) is 2.68. The van der Waals surface area contributed by atoms with Crippen molar-refractivity contribution in [1.82, 2.24) is 4.57 Å². The predicted molar refractivity (Wildman–Crippen MR) is 35.4 cm³/mol. The number of hydrogen-bond acceptors (Lipinski definition) is 0. The van der Waals surface area contributed by atoms with Crippen molar-refractivity contribution in [1.29, 1.82) is 0 Å². The predicted octanol–water partition coefficient (Wildman–Crippen LogP) is 3.06. The monoisotopic (exact) mass is 217 g/mol. The van der Waals surface area contributed by atoms with Crippen LogP contribution in [0.25, 0.3) is 0 Å². The van der Waals surface area contributed by atoms with Gasteiger partial charge in [-0.05, 0) is 6.07 Å². The maximum absolute atomic E-state index is 12.2. The van der Waals surface area contributed by atoms with Gasteiger partial charge in [-0.25, -0.2) is 0 Å². The zero-order valence-corrected chi connectivity index (χ0v) is 6.87. The third-order valence-electron chi connectivity index (χ3n) is 1.65. The lowest BCUT2D eigenvalue weighted by molar-refractivity contribution is -0.165. The average Bonchev–Trinajstić information content (AvgIpc) is 2.27. The van der Waals surface area contributed by atoms with Gasteiger partial charge in [0, 0.05) is 13.2 Å². The molecule has 1 rings (SSSR count). The van der Waals surface area contributed by atoms with Crippen molar-refractivity contribution in [2.24, 2.45) is 7.05 Å². The van der Waals surface area contributed by atoms with E-state index in [0.29, 0.717) is 10.6 Å². The van der Waals surface area contributed by atoms with Crippen LogP contribution in [0.1, 0.15) is 11.3 Å². The highest BCUT2D eigenvalue weighted by Crippen LogP contribution is 2.40. The van der Waals surface area contributed by atoms with Gasteiger partial charge in [0.1, 0.15) is 5.69 Å². The molecule has 0 aliphatic carbocycles. The standard InChI is InChI=1S/C7H5F6N/c1-14-3-2-4(6(8,9)10)5(14)7(11,12)13/h2-3H,1H3. The van der Waals surface area contributed by atoms with Crippen molar-refractivity contribution < 1.29 is 26.3 Å². The molecule has 0 aliphatic rings. The van der Waals surface area contributed by atoms with Gasteiger partial charge in [0.05, 0.1) is 5.56 Å². The van der Waals surface area contributed by atoms with E-state index < -0.39 is 23.6 Å². The van der Waals surface area contributed by atoms with Crippen molar-refractivity contribution >= 4 is 0 Å². The highest BCUT2D eigenvalue weighted by atomic mass is 19.4. The van der Waals surface area contributed by atoms with Gasteiger partial charge in [-0.3, -0.25) is 0 Å². The number of nitrogens with zero attached hydrogens (tertiary/aromatic N) is 1. The number of alkyl halides is 6. The Labute approximate surface area is 74.9 Å². The first-order valence-electron chi connectivity index (χ1n) is 3.43. The molecule has 0 aromatic carbocycles. The Hall–Kier alpha value is -1.14. The van der Waals surface area contributed by atoms with Gasteiger partial charge in [-0.15, -0.1) is 0 Å². The van der Waals surface area contributed by atoms with Gasteiger partial charge in [-0.1, -0.05) is 0 Å². The number of rotatable bonds is 0. The maximum Gasteiger partial charge on any atom is 0.432 e. The second-order valence-electron chi connectivity index (χ2n) is 2.68. The van der Waals surface area contributed by atoms with Crippen molar-refractivity contribution in [2.75, 3.05) is 0 Å². The SMILES string of the molecule is Cn1ccc(C(F)(F)F)c1C(F)(F)F. The maximum atomic E-state index is 12.2. The summed E-state index contributed by atoms with van der Waals surface area (Å²) >= 11 is 0. The van der Waals surface area contributed by atoms with E-state index in [1.807, 2.05) is 0 Å². The smallest absolute Gasteiger partial charge is 0.347 e. The summed E-state index contributed by atoms with van der Waals surface area (Å²) < 4.78 is 73.1. The van der Waals surface area contributed by atoms with Crippen LogP contribution < -0.4 is 0 Å². The van der Waals surface area contributed by atoms with Crippen LogP contribution in [-0.4, -0.2) is 4.57 Å². The minimum atomic E-state index is -5.00. The number of aryl methyl sites for hydroxylation is 1. The van der Waals surface area contributed by atoms with Gasteiger partial charge in [-0.2, -0.15) is 26.3 Å². The third-order valence-corrected chi connectivity index (χ3v) is 1.65. The van der Waals surface area contributed by atoms with E-state index in [-0.39, 0.29) is 0 Å². The molecule has 7 heteroatoms. The van der Waals surface area contributed by atoms with E-state index in [1.54, 1.807) is 0 Å². The van der Waals surface area contributed by atoms with Crippen molar-refractivity contribution in [3.8, 4) is 0 Å². The molecule has 0 saturated carbocycles. The van der Waals surface area contributed by atoms with Crippen LogP contribution in [0.4, 0.5) is 26.3 Å². The molecule has 0 saturated heterocycles. The zero-order chi connectivity index (χ0) is 11.1. The second kappa shape index (κ2) is 2.93. The lowest BCUT2D eigenvalue weighted by atomic mass is 10.2. The summed E-state index contributed by atoms with van der Waals surface area (Å²) in [6.07, 6.45) is -9.25. The number of halogens is 6. The van der Waals surface area contributed by atoms with Gasteiger partial charge >= 0.3 is 12.4 Å². The van der Waals surface area contributed by atoms with Crippen LogP contribution in [-0.2, 0) is 19.4 Å². The average molecular weight is 217 g/mol. The summed E-state index contributed by atoms with van der Waals surface area (Å²) in [5.74, 6) is 0. The summed E-state index contributed by atoms with van der Waals surface area (Å²) in [7, 11) is 0.915. The summed E-state index contributed by atoms with van der Waals surface area (Å²) in [6.45, 7) is 0. The number of hydrogen-bond donors (Lipinski definition) is 0. The summed E-state index contributed by atoms with van der Waals surface area (Å²) in [5, 5.41) is 0. The Morgan fingerprint density at radius 2 is 1.50 bits per heavy atom. The Balaban J connectivity index is 3.35. The summed E-state index contributed by atoms with van der Waals surface area (Å²) in [5.41, 5.74) is -3.34. The normalized spacial score (nSPS) is 13.4. The molecule has 0 atom stereocenters. The molecule has 1 aromatic rings. The van der Waals surface area contributed by atoms with E-state index in [1.165, 1.54) is 0 Å². The quantitative estimate of drug-likeness (QED) is 0.588. The van der Waals surface area contributed by atoms with E-state index in [9.17, 15) is 26.3 Å². The molecule has 80 valence electrons.